The molecule has 9 heteroatoms. The number of rotatable bonds is 7. The van der Waals surface area contributed by atoms with Gasteiger partial charge in [-0.25, -0.2) is 4.98 Å². The summed E-state index contributed by atoms with van der Waals surface area (Å²) in [5.74, 6) is -0.0778. The van der Waals surface area contributed by atoms with Crippen molar-refractivity contribution in [1.29, 1.82) is 0 Å². The Hall–Kier alpha value is -3.13. The molecule has 32 heavy (non-hydrogen) atoms. The average molecular weight is 456 g/mol. The molecule has 0 atom stereocenters. The van der Waals surface area contributed by atoms with Crippen LogP contribution in [0.1, 0.15) is 30.5 Å². The van der Waals surface area contributed by atoms with Gasteiger partial charge in [-0.3, -0.25) is 23.5 Å². The van der Waals surface area contributed by atoms with Crippen molar-refractivity contribution in [3.63, 3.8) is 0 Å². The molecule has 168 valence electrons. The number of hydrogen-bond acceptors (Lipinski definition) is 4. The van der Waals surface area contributed by atoms with Gasteiger partial charge in [-0.05, 0) is 56.5 Å². The highest BCUT2D eigenvalue weighted by Gasteiger charge is 2.20. The summed E-state index contributed by atoms with van der Waals surface area (Å²) in [7, 11) is 0. The van der Waals surface area contributed by atoms with Crippen molar-refractivity contribution in [3.05, 3.63) is 57.2 Å². The van der Waals surface area contributed by atoms with Crippen LogP contribution >= 0.6 is 11.6 Å². The largest absolute Gasteiger partial charge is 0.354 e. The third kappa shape index (κ3) is 4.27. The van der Waals surface area contributed by atoms with Crippen molar-refractivity contribution in [2.75, 3.05) is 19.6 Å². The molecule has 3 aromatic rings. The van der Waals surface area contributed by atoms with Gasteiger partial charge in [-0.1, -0.05) is 11.6 Å². The Morgan fingerprint density at radius 2 is 1.94 bits per heavy atom. The third-order valence-electron chi connectivity index (χ3n) is 5.98. The van der Waals surface area contributed by atoms with E-state index in [1.807, 2.05) is 35.4 Å². The predicted molar refractivity (Wildman–Crippen MR) is 123 cm³/mol. The Morgan fingerprint density at radius 3 is 2.62 bits per heavy atom. The minimum absolute atomic E-state index is 0.102. The highest BCUT2D eigenvalue weighted by atomic mass is 35.5. The first kappa shape index (κ1) is 22.1. The van der Waals surface area contributed by atoms with E-state index in [1.165, 1.54) is 10.9 Å². The van der Waals surface area contributed by atoms with Crippen LogP contribution in [0, 0.1) is 13.8 Å². The van der Waals surface area contributed by atoms with Crippen molar-refractivity contribution in [2.24, 2.45) is 0 Å². The van der Waals surface area contributed by atoms with Gasteiger partial charge in [0.2, 0.25) is 11.8 Å². The Balaban J connectivity index is 1.48. The number of likely N-dealkylation sites (tertiary alicyclic amines) is 1. The molecule has 0 unspecified atom stereocenters. The Bertz CT molecular complexity index is 1230. The van der Waals surface area contributed by atoms with E-state index in [9.17, 15) is 14.4 Å². The van der Waals surface area contributed by atoms with Gasteiger partial charge in [0.05, 0.1) is 5.39 Å². The van der Waals surface area contributed by atoms with Gasteiger partial charge >= 0.3 is 0 Å². The van der Waals surface area contributed by atoms with Crippen molar-refractivity contribution >= 4 is 34.4 Å². The lowest BCUT2D eigenvalue weighted by Crippen LogP contribution is -2.34. The molecule has 4 rings (SSSR count). The smallest absolute Gasteiger partial charge is 0.263 e. The standard InChI is InChI=1S/C23H26ClN5O3/c1-15-16(2)29(18-8-6-17(24)7-9-18)22-21(15)23(32)28(14-26-22)13-19(30)25-10-4-12-27-11-3-5-20(27)31/h6-9,14H,3-5,10-13H2,1-2H3,(H,25,30). The number of carbonyl (C=O) groups excluding carboxylic acids is 2. The molecule has 1 saturated heterocycles. The van der Waals surface area contributed by atoms with Crippen LogP contribution in [0.4, 0.5) is 0 Å². The van der Waals surface area contributed by atoms with E-state index >= 15 is 0 Å². The van der Waals surface area contributed by atoms with Crippen LogP contribution in [-0.4, -0.2) is 50.5 Å². The fraction of sp³-hybridized carbons (Fsp3) is 0.391. The van der Waals surface area contributed by atoms with Gasteiger partial charge in [-0.15, -0.1) is 0 Å². The molecule has 2 amide bonds. The number of nitrogens with zero attached hydrogens (tertiary/aromatic N) is 4. The summed E-state index contributed by atoms with van der Waals surface area (Å²) in [6, 6.07) is 7.35. The number of aromatic nitrogens is 3. The van der Waals surface area contributed by atoms with Gasteiger partial charge in [0, 0.05) is 42.5 Å². The topological polar surface area (TPSA) is 89.2 Å². The average Bonchev–Trinajstić information content (AvgIpc) is 3.29. The van der Waals surface area contributed by atoms with Crippen LogP contribution in [0.25, 0.3) is 16.7 Å². The van der Waals surface area contributed by atoms with Crippen molar-refractivity contribution < 1.29 is 9.59 Å². The highest BCUT2D eigenvalue weighted by Crippen LogP contribution is 2.25. The van der Waals surface area contributed by atoms with Crippen molar-refractivity contribution in [3.8, 4) is 5.69 Å². The SMILES string of the molecule is Cc1c(C)n(-c2ccc(Cl)cc2)c2ncn(CC(=O)NCCCN3CCCC3=O)c(=O)c12. The zero-order valence-corrected chi connectivity index (χ0v) is 19.0. The summed E-state index contributed by atoms with van der Waals surface area (Å²) in [6.07, 6.45) is 3.62. The normalized spacial score (nSPS) is 13.8. The van der Waals surface area contributed by atoms with E-state index in [1.54, 1.807) is 12.1 Å². The van der Waals surface area contributed by atoms with Crippen LogP contribution in [-0.2, 0) is 16.1 Å². The van der Waals surface area contributed by atoms with E-state index < -0.39 is 0 Å². The molecule has 0 radical (unpaired) electrons. The van der Waals surface area contributed by atoms with Gasteiger partial charge < -0.3 is 10.2 Å². The number of fused-ring (bicyclic) bond motifs is 1. The highest BCUT2D eigenvalue weighted by molar-refractivity contribution is 6.30. The zero-order chi connectivity index (χ0) is 22.8. The van der Waals surface area contributed by atoms with E-state index in [2.05, 4.69) is 10.3 Å². The summed E-state index contributed by atoms with van der Waals surface area (Å²) in [4.78, 5) is 43.5. The number of nitrogens with one attached hydrogen (secondary N) is 1. The maximum Gasteiger partial charge on any atom is 0.263 e. The molecule has 0 bridgehead atoms. The van der Waals surface area contributed by atoms with Crippen molar-refractivity contribution in [2.45, 2.75) is 39.7 Å². The molecule has 0 saturated carbocycles. The fourth-order valence-electron chi connectivity index (χ4n) is 4.15. The zero-order valence-electron chi connectivity index (χ0n) is 18.2. The summed E-state index contributed by atoms with van der Waals surface area (Å²) in [5, 5.41) is 3.96. The lowest BCUT2D eigenvalue weighted by atomic mass is 10.2. The first-order valence-corrected chi connectivity index (χ1v) is 11.1. The molecule has 0 aliphatic carbocycles. The number of benzene rings is 1. The van der Waals surface area contributed by atoms with Gasteiger partial charge in [0.15, 0.2) is 5.65 Å². The molecular formula is C23H26ClN5O3. The van der Waals surface area contributed by atoms with Crippen LogP contribution in [0.15, 0.2) is 35.4 Å². The molecule has 0 spiro atoms. The first-order chi connectivity index (χ1) is 15.4. The molecule has 1 N–H and O–H groups in total. The molecule has 1 aromatic carbocycles. The molecule has 2 aromatic heterocycles. The van der Waals surface area contributed by atoms with Gasteiger partial charge in [-0.2, -0.15) is 0 Å². The van der Waals surface area contributed by atoms with Crippen molar-refractivity contribution in [1.82, 2.24) is 24.3 Å². The van der Waals surface area contributed by atoms with Crippen LogP contribution in [0.2, 0.25) is 5.02 Å². The third-order valence-corrected chi connectivity index (χ3v) is 6.23. The second kappa shape index (κ2) is 9.16. The summed E-state index contributed by atoms with van der Waals surface area (Å²) in [5.41, 5.74) is 2.91. The fourth-order valence-corrected chi connectivity index (χ4v) is 4.28. The number of amides is 2. The van der Waals surface area contributed by atoms with E-state index in [0.717, 1.165) is 29.9 Å². The molecule has 3 heterocycles. The minimum atomic E-state index is -0.257. The monoisotopic (exact) mass is 455 g/mol. The predicted octanol–water partition coefficient (Wildman–Crippen LogP) is 2.59. The van der Waals surface area contributed by atoms with E-state index in [4.69, 9.17) is 11.6 Å². The number of carbonyl (C=O) groups is 2. The Morgan fingerprint density at radius 1 is 1.19 bits per heavy atom. The van der Waals surface area contributed by atoms with Crippen LogP contribution in [0.5, 0.6) is 0 Å². The minimum Gasteiger partial charge on any atom is -0.354 e. The second-order valence-corrected chi connectivity index (χ2v) is 8.52. The molecular weight excluding hydrogens is 430 g/mol. The number of aryl methyl sites for hydroxylation is 1. The lowest BCUT2D eigenvalue weighted by Gasteiger charge is -2.15. The Labute approximate surface area is 190 Å². The van der Waals surface area contributed by atoms with Crippen LogP contribution < -0.4 is 10.9 Å². The molecule has 1 aliphatic rings. The Kier molecular flexibility index (Phi) is 6.32. The molecule has 1 fully saturated rings. The first-order valence-electron chi connectivity index (χ1n) is 10.7. The quantitative estimate of drug-likeness (QED) is 0.554. The summed E-state index contributed by atoms with van der Waals surface area (Å²) >= 11 is 6.01. The number of hydrogen-bond donors (Lipinski definition) is 1. The van der Waals surface area contributed by atoms with E-state index in [-0.39, 0.29) is 23.9 Å². The maximum absolute atomic E-state index is 13.1. The lowest BCUT2D eigenvalue weighted by molar-refractivity contribution is -0.127. The summed E-state index contributed by atoms with van der Waals surface area (Å²) in [6.45, 7) is 5.61. The van der Waals surface area contributed by atoms with Gasteiger partial charge in [0.1, 0.15) is 12.9 Å². The molecule has 8 nitrogen and oxygen atoms in total. The van der Waals surface area contributed by atoms with Crippen LogP contribution in [0.3, 0.4) is 0 Å². The maximum atomic E-state index is 13.1. The van der Waals surface area contributed by atoms with Gasteiger partial charge in [0.25, 0.3) is 5.56 Å². The second-order valence-electron chi connectivity index (χ2n) is 8.09. The number of halogens is 1. The summed E-state index contributed by atoms with van der Waals surface area (Å²) < 4.78 is 3.26. The van der Waals surface area contributed by atoms with E-state index in [0.29, 0.717) is 42.0 Å². The molecule has 1 aliphatic heterocycles.